The zero-order valence-corrected chi connectivity index (χ0v) is 13.9. The number of nitrogens with two attached hydrogens (primary N) is 1. The number of hydrogen-bond acceptors (Lipinski definition) is 4. The molecule has 0 aromatic carbocycles. The van der Waals surface area contributed by atoms with E-state index in [-0.39, 0.29) is 11.8 Å². The van der Waals surface area contributed by atoms with Gasteiger partial charge in [0.2, 0.25) is 11.8 Å². The van der Waals surface area contributed by atoms with Crippen LogP contribution in [0, 0.1) is 0 Å². The Balaban J connectivity index is 2.37. The zero-order valence-electron chi connectivity index (χ0n) is 13.9. The lowest BCUT2D eigenvalue weighted by Gasteiger charge is -2.17. The van der Waals surface area contributed by atoms with Gasteiger partial charge in [-0.1, -0.05) is 13.0 Å². The summed E-state index contributed by atoms with van der Waals surface area (Å²) in [7, 11) is 0. The SMILES string of the molecule is CCC(=O)NCCCC(NC(N)=O)C(=O)NCCc1ccccn1. The van der Waals surface area contributed by atoms with Crippen molar-refractivity contribution in [1.82, 2.24) is 20.9 Å². The fourth-order valence-corrected chi connectivity index (χ4v) is 2.08. The zero-order chi connectivity index (χ0) is 17.8. The second-order valence-electron chi connectivity index (χ2n) is 5.27. The summed E-state index contributed by atoms with van der Waals surface area (Å²) in [4.78, 5) is 38.5. The average Bonchev–Trinajstić information content (AvgIpc) is 2.57. The van der Waals surface area contributed by atoms with Crippen molar-refractivity contribution in [3.8, 4) is 0 Å². The molecule has 1 unspecified atom stereocenters. The van der Waals surface area contributed by atoms with Crippen LogP contribution in [0.1, 0.15) is 31.9 Å². The molecule has 0 aliphatic rings. The van der Waals surface area contributed by atoms with E-state index in [1.54, 1.807) is 13.1 Å². The standard InChI is InChI=1S/C16H25N5O3/c1-2-14(22)19-10-5-7-13(21-16(17)24)15(23)20-11-8-12-6-3-4-9-18-12/h3-4,6,9,13H,2,5,7-8,10-11H2,1H3,(H,19,22)(H,20,23)(H3,17,21,24). The Morgan fingerprint density at radius 2 is 2.00 bits per heavy atom. The summed E-state index contributed by atoms with van der Waals surface area (Å²) in [5.74, 6) is -0.347. The van der Waals surface area contributed by atoms with Crippen molar-refractivity contribution in [1.29, 1.82) is 0 Å². The van der Waals surface area contributed by atoms with Gasteiger partial charge < -0.3 is 21.7 Å². The van der Waals surface area contributed by atoms with Gasteiger partial charge in [0.05, 0.1) is 0 Å². The van der Waals surface area contributed by atoms with Gasteiger partial charge in [0, 0.05) is 37.8 Å². The Morgan fingerprint density at radius 3 is 2.62 bits per heavy atom. The van der Waals surface area contributed by atoms with E-state index in [9.17, 15) is 14.4 Å². The van der Waals surface area contributed by atoms with E-state index in [1.165, 1.54) is 0 Å². The molecule has 24 heavy (non-hydrogen) atoms. The maximum Gasteiger partial charge on any atom is 0.312 e. The lowest BCUT2D eigenvalue weighted by atomic mass is 10.1. The van der Waals surface area contributed by atoms with Gasteiger partial charge >= 0.3 is 6.03 Å². The number of carbonyl (C=O) groups is 3. The van der Waals surface area contributed by atoms with Crippen LogP contribution in [0.15, 0.2) is 24.4 Å². The number of urea groups is 1. The topological polar surface area (TPSA) is 126 Å². The molecule has 5 N–H and O–H groups in total. The van der Waals surface area contributed by atoms with Gasteiger partial charge in [-0.15, -0.1) is 0 Å². The highest BCUT2D eigenvalue weighted by Crippen LogP contribution is 1.99. The van der Waals surface area contributed by atoms with E-state index in [0.717, 1.165) is 5.69 Å². The summed E-state index contributed by atoms with van der Waals surface area (Å²) in [5, 5.41) is 7.91. The number of nitrogens with one attached hydrogen (secondary N) is 3. The average molecular weight is 335 g/mol. The van der Waals surface area contributed by atoms with Gasteiger partial charge in [0.15, 0.2) is 0 Å². The summed E-state index contributed by atoms with van der Waals surface area (Å²) in [6.07, 6.45) is 3.66. The van der Waals surface area contributed by atoms with Gasteiger partial charge in [-0.3, -0.25) is 14.6 Å². The molecule has 1 atom stereocenters. The highest BCUT2D eigenvalue weighted by Gasteiger charge is 2.19. The number of rotatable bonds is 10. The van der Waals surface area contributed by atoms with E-state index < -0.39 is 12.1 Å². The first kappa shape index (κ1) is 19.4. The number of nitrogens with zero attached hydrogens (tertiary/aromatic N) is 1. The third-order valence-electron chi connectivity index (χ3n) is 3.35. The van der Waals surface area contributed by atoms with E-state index in [4.69, 9.17) is 5.73 Å². The molecule has 0 aliphatic carbocycles. The monoisotopic (exact) mass is 335 g/mol. The Bertz CT molecular complexity index is 536. The van der Waals surface area contributed by atoms with Crippen LogP contribution in [0.4, 0.5) is 4.79 Å². The number of aromatic nitrogens is 1. The summed E-state index contributed by atoms with van der Waals surface area (Å²) in [6.45, 7) is 2.63. The molecule has 4 amide bonds. The van der Waals surface area contributed by atoms with Gasteiger partial charge in [-0.25, -0.2) is 4.79 Å². The van der Waals surface area contributed by atoms with Crippen LogP contribution in [-0.4, -0.2) is 42.0 Å². The largest absolute Gasteiger partial charge is 0.356 e. The fourth-order valence-electron chi connectivity index (χ4n) is 2.08. The van der Waals surface area contributed by atoms with Crippen molar-refractivity contribution < 1.29 is 14.4 Å². The molecular weight excluding hydrogens is 310 g/mol. The van der Waals surface area contributed by atoms with Crippen LogP contribution in [0.5, 0.6) is 0 Å². The molecule has 1 heterocycles. The lowest BCUT2D eigenvalue weighted by molar-refractivity contribution is -0.123. The summed E-state index contributed by atoms with van der Waals surface area (Å²) in [5.41, 5.74) is 5.99. The normalized spacial score (nSPS) is 11.4. The molecule has 0 aliphatic heterocycles. The second-order valence-corrected chi connectivity index (χ2v) is 5.27. The molecule has 1 aromatic heterocycles. The first-order valence-electron chi connectivity index (χ1n) is 8.03. The quantitative estimate of drug-likeness (QED) is 0.452. The first-order chi connectivity index (χ1) is 11.5. The Kier molecular flexibility index (Phi) is 8.88. The van der Waals surface area contributed by atoms with Gasteiger partial charge in [-0.2, -0.15) is 0 Å². The maximum absolute atomic E-state index is 12.2. The van der Waals surface area contributed by atoms with E-state index in [2.05, 4.69) is 20.9 Å². The van der Waals surface area contributed by atoms with Crippen LogP contribution >= 0.6 is 0 Å². The van der Waals surface area contributed by atoms with E-state index >= 15 is 0 Å². The predicted molar refractivity (Wildman–Crippen MR) is 90.0 cm³/mol. The Hall–Kier alpha value is -2.64. The van der Waals surface area contributed by atoms with Crippen molar-refractivity contribution >= 4 is 17.8 Å². The molecule has 0 saturated carbocycles. The molecule has 0 spiro atoms. The van der Waals surface area contributed by atoms with Crippen molar-refractivity contribution in [3.05, 3.63) is 30.1 Å². The summed E-state index contributed by atoms with van der Waals surface area (Å²) >= 11 is 0. The Labute approximate surface area is 141 Å². The van der Waals surface area contributed by atoms with Crippen molar-refractivity contribution in [2.24, 2.45) is 5.73 Å². The molecule has 0 radical (unpaired) electrons. The number of amides is 4. The minimum atomic E-state index is -0.752. The number of carbonyl (C=O) groups excluding carboxylic acids is 3. The van der Waals surface area contributed by atoms with Crippen LogP contribution in [0.25, 0.3) is 0 Å². The molecule has 8 nitrogen and oxygen atoms in total. The maximum atomic E-state index is 12.2. The number of primary amides is 1. The molecule has 1 aromatic rings. The van der Waals surface area contributed by atoms with Crippen LogP contribution in [-0.2, 0) is 16.0 Å². The van der Waals surface area contributed by atoms with E-state index in [0.29, 0.717) is 38.8 Å². The van der Waals surface area contributed by atoms with Crippen LogP contribution in [0.2, 0.25) is 0 Å². The van der Waals surface area contributed by atoms with Crippen molar-refractivity contribution in [3.63, 3.8) is 0 Å². The highest BCUT2D eigenvalue weighted by atomic mass is 16.2. The smallest absolute Gasteiger partial charge is 0.312 e. The number of hydrogen-bond donors (Lipinski definition) is 4. The lowest BCUT2D eigenvalue weighted by Crippen LogP contribution is -2.49. The van der Waals surface area contributed by atoms with E-state index in [1.807, 2.05) is 18.2 Å². The van der Waals surface area contributed by atoms with Crippen LogP contribution in [0.3, 0.4) is 0 Å². The molecule has 8 heteroatoms. The fraction of sp³-hybridized carbons (Fsp3) is 0.500. The Morgan fingerprint density at radius 1 is 1.21 bits per heavy atom. The number of pyridine rings is 1. The van der Waals surface area contributed by atoms with Gasteiger partial charge in [0.1, 0.15) is 6.04 Å². The summed E-state index contributed by atoms with van der Waals surface area (Å²) in [6, 6.07) is 4.11. The van der Waals surface area contributed by atoms with Gasteiger partial charge in [-0.05, 0) is 25.0 Å². The third kappa shape index (κ3) is 8.11. The minimum Gasteiger partial charge on any atom is -0.356 e. The van der Waals surface area contributed by atoms with Gasteiger partial charge in [0.25, 0.3) is 0 Å². The molecule has 0 bridgehead atoms. The molecule has 132 valence electrons. The minimum absolute atomic E-state index is 0.0470. The van der Waals surface area contributed by atoms with Crippen molar-refractivity contribution in [2.75, 3.05) is 13.1 Å². The molecule has 0 saturated heterocycles. The molecule has 1 rings (SSSR count). The first-order valence-corrected chi connectivity index (χ1v) is 8.03. The third-order valence-corrected chi connectivity index (χ3v) is 3.35. The van der Waals surface area contributed by atoms with Crippen molar-refractivity contribution in [2.45, 2.75) is 38.6 Å². The molecule has 0 fully saturated rings. The second kappa shape index (κ2) is 11.0. The predicted octanol–water partition coefficient (Wildman–Crippen LogP) is 0.0836. The molecular formula is C16H25N5O3. The summed E-state index contributed by atoms with van der Waals surface area (Å²) < 4.78 is 0. The van der Waals surface area contributed by atoms with Crippen LogP contribution < -0.4 is 21.7 Å². The highest BCUT2D eigenvalue weighted by molar-refractivity contribution is 5.86.